The van der Waals surface area contributed by atoms with Gasteiger partial charge in [-0.05, 0) is 12.1 Å². The molecule has 24 heavy (non-hydrogen) atoms. The molecule has 2 rings (SSSR count). The van der Waals surface area contributed by atoms with Crippen LogP contribution in [0.15, 0.2) is 54.6 Å². The predicted molar refractivity (Wildman–Crippen MR) is 88.8 cm³/mol. The second-order valence-electron chi connectivity index (χ2n) is 5.56. The second kappa shape index (κ2) is 8.21. The number of urea groups is 1. The van der Waals surface area contributed by atoms with Gasteiger partial charge in [-0.2, -0.15) is 0 Å². The summed E-state index contributed by atoms with van der Waals surface area (Å²) in [4.78, 5) is 24.9. The van der Waals surface area contributed by atoms with Crippen LogP contribution in [0.3, 0.4) is 0 Å². The Labute approximate surface area is 140 Å². The number of imide groups is 1. The van der Waals surface area contributed by atoms with Gasteiger partial charge >= 0.3 is 6.03 Å². The minimum absolute atomic E-state index is 0.298. The van der Waals surface area contributed by atoms with Crippen molar-refractivity contribution in [3.8, 4) is 0 Å². The molecule has 2 atom stereocenters. The van der Waals surface area contributed by atoms with E-state index in [0.717, 1.165) is 16.0 Å². The Morgan fingerprint density at radius 2 is 1.71 bits per heavy atom. The van der Waals surface area contributed by atoms with Gasteiger partial charge in [0.05, 0.1) is 7.05 Å². The van der Waals surface area contributed by atoms with E-state index in [9.17, 15) is 14.0 Å². The van der Waals surface area contributed by atoms with E-state index >= 15 is 0 Å². The summed E-state index contributed by atoms with van der Waals surface area (Å²) in [7, 11) is 3.32. The van der Waals surface area contributed by atoms with Gasteiger partial charge in [0.2, 0.25) is 0 Å². The maximum Gasteiger partial charge on any atom is 0.321 e. The molecule has 0 aliphatic heterocycles. The first-order valence-corrected chi connectivity index (χ1v) is 7.65. The fourth-order valence-corrected chi connectivity index (χ4v) is 2.58. The number of carbonyl (C=O) groups is 2. The minimum Gasteiger partial charge on any atom is -0.341 e. The fourth-order valence-electron chi connectivity index (χ4n) is 2.58. The number of hydrogen-bond acceptors (Lipinski definition) is 2. The third kappa shape index (κ3) is 4.63. The van der Waals surface area contributed by atoms with E-state index in [1.807, 2.05) is 37.4 Å². The Hall–Kier alpha value is -2.73. The Morgan fingerprint density at radius 3 is 2.29 bits per heavy atom. The normalized spacial score (nSPS) is 13.0. The average molecular weight is 330 g/mol. The van der Waals surface area contributed by atoms with Crippen molar-refractivity contribution < 1.29 is 18.9 Å². The Bertz CT molecular complexity index is 689. The lowest BCUT2D eigenvalue weighted by Gasteiger charge is -2.24. The molecule has 0 aromatic heterocycles. The summed E-state index contributed by atoms with van der Waals surface area (Å²) in [5.74, 6) is -0.687. The van der Waals surface area contributed by atoms with Gasteiger partial charge in [0, 0.05) is 18.2 Å². The molecule has 0 spiro atoms. The van der Waals surface area contributed by atoms with Crippen LogP contribution < -0.4 is 15.5 Å². The summed E-state index contributed by atoms with van der Waals surface area (Å²) in [5.41, 5.74) is 1.71. The first kappa shape index (κ1) is 17.6. The molecule has 0 aliphatic carbocycles. The number of rotatable bonds is 5. The number of amides is 3. The zero-order valence-electron chi connectivity index (χ0n) is 13.7. The van der Waals surface area contributed by atoms with Crippen LogP contribution >= 0.6 is 0 Å². The monoisotopic (exact) mass is 330 g/mol. The summed E-state index contributed by atoms with van der Waals surface area (Å²) in [6, 6.07) is 14.3. The van der Waals surface area contributed by atoms with E-state index in [1.165, 1.54) is 19.2 Å². The molecule has 2 aromatic rings. The third-order valence-electron chi connectivity index (χ3n) is 3.75. The lowest BCUT2D eigenvalue weighted by atomic mass is 10.0. The molecule has 0 aliphatic rings. The molecule has 5 nitrogen and oxygen atoms in total. The molecular weight excluding hydrogens is 309 g/mol. The van der Waals surface area contributed by atoms with E-state index in [2.05, 4.69) is 10.6 Å². The van der Waals surface area contributed by atoms with Crippen molar-refractivity contribution in [2.45, 2.75) is 12.6 Å². The second-order valence-corrected chi connectivity index (χ2v) is 5.56. The van der Waals surface area contributed by atoms with Crippen molar-refractivity contribution in [1.29, 1.82) is 0 Å². The molecule has 3 amide bonds. The molecule has 0 radical (unpaired) electrons. The SMILES string of the molecule is CNC(=O)NC(=O)[C@@H](c1ccccc1)[NH+](C)Cc1ccc(F)cc1. The number of quaternary nitrogens is 1. The molecule has 126 valence electrons. The van der Waals surface area contributed by atoms with Crippen molar-refractivity contribution in [1.82, 2.24) is 10.6 Å². The molecule has 0 bridgehead atoms. The van der Waals surface area contributed by atoms with E-state index in [4.69, 9.17) is 0 Å². The highest BCUT2D eigenvalue weighted by atomic mass is 19.1. The quantitative estimate of drug-likeness (QED) is 0.767. The molecule has 1 unspecified atom stereocenters. The van der Waals surface area contributed by atoms with E-state index in [0.29, 0.717) is 6.54 Å². The standard InChI is InChI=1S/C18H20FN3O2/c1-20-18(24)21-17(23)16(14-6-4-3-5-7-14)22(2)12-13-8-10-15(19)11-9-13/h3-11,16H,12H2,1-2H3,(H2,20,21,23,24)/p+1/t16-/m1/s1. The predicted octanol–water partition coefficient (Wildman–Crippen LogP) is 1.04. The van der Waals surface area contributed by atoms with Crippen LogP contribution in [0.25, 0.3) is 0 Å². The molecule has 2 aromatic carbocycles. The molecule has 0 saturated carbocycles. The first-order chi connectivity index (χ1) is 11.5. The Balaban J connectivity index is 2.22. The summed E-state index contributed by atoms with van der Waals surface area (Å²) in [6.07, 6.45) is 0. The van der Waals surface area contributed by atoms with Crippen molar-refractivity contribution in [2.75, 3.05) is 14.1 Å². The van der Waals surface area contributed by atoms with Crippen molar-refractivity contribution in [3.05, 3.63) is 71.5 Å². The van der Waals surface area contributed by atoms with Gasteiger partial charge in [-0.25, -0.2) is 9.18 Å². The largest absolute Gasteiger partial charge is 0.341 e. The van der Waals surface area contributed by atoms with E-state index in [-0.39, 0.29) is 11.7 Å². The van der Waals surface area contributed by atoms with Gasteiger partial charge in [-0.3, -0.25) is 10.1 Å². The van der Waals surface area contributed by atoms with Crippen LogP contribution in [0.2, 0.25) is 0 Å². The van der Waals surface area contributed by atoms with Gasteiger partial charge in [0.15, 0.2) is 6.04 Å². The van der Waals surface area contributed by atoms with Crippen molar-refractivity contribution in [3.63, 3.8) is 0 Å². The Morgan fingerprint density at radius 1 is 1.08 bits per heavy atom. The molecule has 6 heteroatoms. The molecule has 3 N–H and O–H groups in total. The number of hydrogen-bond donors (Lipinski definition) is 3. The topological polar surface area (TPSA) is 62.6 Å². The number of benzene rings is 2. The van der Waals surface area contributed by atoms with Crippen LogP contribution in [0.1, 0.15) is 17.2 Å². The zero-order valence-corrected chi connectivity index (χ0v) is 13.7. The van der Waals surface area contributed by atoms with Gasteiger partial charge in [-0.1, -0.05) is 42.5 Å². The summed E-state index contributed by atoms with van der Waals surface area (Å²) < 4.78 is 13.0. The maximum absolute atomic E-state index is 13.0. The van der Waals surface area contributed by atoms with Crippen molar-refractivity contribution in [2.24, 2.45) is 0 Å². The minimum atomic E-state index is -0.562. The Kier molecular flexibility index (Phi) is 6.03. The number of likely N-dealkylation sites (N-methyl/N-ethyl adjacent to an activating group) is 1. The maximum atomic E-state index is 13.0. The molecule has 0 heterocycles. The van der Waals surface area contributed by atoms with Crippen LogP contribution in [0, 0.1) is 5.82 Å². The smallest absolute Gasteiger partial charge is 0.321 e. The summed E-state index contributed by atoms with van der Waals surface area (Å²) in [6.45, 7) is 0.515. The van der Waals surface area contributed by atoms with Crippen molar-refractivity contribution >= 4 is 11.9 Å². The molecule has 0 fully saturated rings. The van der Waals surface area contributed by atoms with Crippen LogP contribution in [-0.4, -0.2) is 26.0 Å². The number of halogens is 1. The summed E-state index contributed by atoms with van der Waals surface area (Å²) >= 11 is 0. The first-order valence-electron chi connectivity index (χ1n) is 7.65. The highest BCUT2D eigenvalue weighted by molar-refractivity contribution is 5.96. The lowest BCUT2D eigenvalue weighted by molar-refractivity contribution is -0.916. The van der Waals surface area contributed by atoms with Gasteiger partial charge < -0.3 is 10.2 Å². The van der Waals surface area contributed by atoms with Crippen LogP contribution in [-0.2, 0) is 11.3 Å². The average Bonchev–Trinajstić information content (AvgIpc) is 2.58. The highest BCUT2D eigenvalue weighted by Crippen LogP contribution is 2.10. The van der Waals surface area contributed by atoms with Gasteiger partial charge in [-0.15, -0.1) is 0 Å². The molecule has 0 saturated heterocycles. The number of carbonyl (C=O) groups excluding carboxylic acids is 2. The number of nitrogens with one attached hydrogen (secondary N) is 3. The fraction of sp³-hybridized carbons (Fsp3) is 0.222. The third-order valence-corrected chi connectivity index (χ3v) is 3.75. The van der Waals surface area contributed by atoms with E-state index < -0.39 is 12.1 Å². The van der Waals surface area contributed by atoms with Gasteiger partial charge in [0.25, 0.3) is 5.91 Å². The molecular formula is C18H21FN3O2+. The lowest BCUT2D eigenvalue weighted by Crippen LogP contribution is -3.09. The van der Waals surface area contributed by atoms with Crippen LogP contribution in [0.5, 0.6) is 0 Å². The summed E-state index contributed by atoms with van der Waals surface area (Å²) in [5, 5.41) is 4.71. The highest BCUT2D eigenvalue weighted by Gasteiger charge is 2.30. The zero-order chi connectivity index (χ0) is 17.5. The van der Waals surface area contributed by atoms with Crippen LogP contribution in [0.4, 0.5) is 9.18 Å². The van der Waals surface area contributed by atoms with E-state index in [1.54, 1.807) is 12.1 Å². The van der Waals surface area contributed by atoms with Gasteiger partial charge in [0.1, 0.15) is 12.4 Å².